The van der Waals surface area contributed by atoms with Crippen molar-refractivity contribution >= 4 is 23.4 Å². The second kappa shape index (κ2) is 11.5. The standard InChI is InChI=1S/C29H31N7O6/c1-18-12-23(33-42-18)29(39)34-9-3-8-30-27(37)22-16-35(28(38)20-5-7-26-31-17-32-36(26)14-20)15-21(22)19-4-6-24(40-2)25(13-19)41-11-10-34/h4-7,12-14,17,21-22H,3,8-11,15-16H2,1-2H3,(H,30,37)/t21-,22+/m1/s1. The van der Waals surface area contributed by atoms with Crippen molar-refractivity contribution < 1.29 is 28.4 Å². The van der Waals surface area contributed by atoms with E-state index < -0.39 is 5.92 Å². The number of aromatic nitrogens is 4. The van der Waals surface area contributed by atoms with Crippen LogP contribution in [0, 0.1) is 12.8 Å². The Balaban J connectivity index is 1.26. The zero-order valence-corrected chi connectivity index (χ0v) is 23.4. The lowest BCUT2D eigenvalue weighted by Crippen LogP contribution is -2.39. The fourth-order valence-corrected chi connectivity index (χ4v) is 5.56. The third-order valence-electron chi connectivity index (χ3n) is 7.74. The molecule has 2 bridgehead atoms. The summed E-state index contributed by atoms with van der Waals surface area (Å²) in [5.41, 5.74) is 2.18. The van der Waals surface area contributed by atoms with Crippen LogP contribution in [0.25, 0.3) is 5.65 Å². The lowest BCUT2D eigenvalue weighted by atomic mass is 9.88. The number of ether oxygens (including phenoxy) is 2. The van der Waals surface area contributed by atoms with Gasteiger partial charge in [0.15, 0.2) is 22.8 Å². The summed E-state index contributed by atoms with van der Waals surface area (Å²) in [5, 5.41) is 11.0. The summed E-state index contributed by atoms with van der Waals surface area (Å²) in [6.07, 6.45) is 3.61. The highest BCUT2D eigenvalue weighted by Gasteiger charge is 2.41. The number of nitrogens with zero attached hydrogens (tertiary/aromatic N) is 6. The Labute approximate surface area is 241 Å². The molecule has 2 aliphatic rings. The van der Waals surface area contributed by atoms with Crippen LogP contribution in [0.5, 0.6) is 11.5 Å². The number of amides is 3. The molecule has 0 aliphatic carbocycles. The molecule has 0 spiro atoms. The number of carbonyl (C=O) groups excluding carboxylic acids is 3. The Morgan fingerprint density at radius 1 is 1.05 bits per heavy atom. The summed E-state index contributed by atoms with van der Waals surface area (Å²) in [6.45, 7) is 3.62. The number of hydrogen-bond donors (Lipinski definition) is 1. The molecule has 0 saturated carbocycles. The maximum Gasteiger partial charge on any atom is 0.276 e. The van der Waals surface area contributed by atoms with Crippen molar-refractivity contribution in [3.8, 4) is 11.5 Å². The van der Waals surface area contributed by atoms with Crippen LogP contribution in [0.3, 0.4) is 0 Å². The molecule has 13 heteroatoms. The van der Waals surface area contributed by atoms with Gasteiger partial charge in [0.25, 0.3) is 11.8 Å². The number of carbonyl (C=O) groups is 3. The molecule has 1 N–H and O–H groups in total. The van der Waals surface area contributed by atoms with Gasteiger partial charge in [-0.15, -0.1) is 0 Å². The predicted molar refractivity (Wildman–Crippen MR) is 148 cm³/mol. The Morgan fingerprint density at radius 2 is 1.90 bits per heavy atom. The maximum atomic E-state index is 13.6. The largest absolute Gasteiger partial charge is 0.493 e. The van der Waals surface area contributed by atoms with E-state index in [0.717, 1.165) is 5.56 Å². The molecule has 42 heavy (non-hydrogen) atoms. The normalized spacial score (nSPS) is 19.5. The minimum absolute atomic E-state index is 0.151. The zero-order valence-electron chi connectivity index (χ0n) is 23.4. The Hall–Kier alpha value is -4.94. The molecule has 5 heterocycles. The SMILES string of the molecule is COc1ccc2cc1OCCN(C(=O)c1cc(C)on1)CCCNC(=O)[C@H]1CN(C(=O)c3ccc4ncnn4c3)C[C@H]21. The van der Waals surface area contributed by atoms with Gasteiger partial charge in [-0.1, -0.05) is 11.2 Å². The smallest absolute Gasteiger partial charge is 0.276 e. The number of benzene rings is 1. The zero-order chi connectivity index (χ0) is 29.2. The second-order valence-corrected chi connectivity index (χ2v) is 10.4. The van der Waals surface area contributed by atoms with E-state index in [1.807, 2.05) is 12.1 Å². The van der Waals surface area contributed by atoms with Crippen LogP contribution >= 0.6 is 0 Å². The first-order valence-corrected chi connectivity index (χ1v) is 13.8. The first kappa shape index (κ1) is 27.2. The van der Waals surface area contributed by atoms with Crippen molar-refractivity contribution in [3.05, 3.63) is 71.5 Å². The Morgan fingerprint density at radius 3 is 2.71 bits per heavy atom. The van der Waals surface area contributed by atoms with E-state index in [4.69, 9.17) is 14.0 Å². The van der Waals surface area contributed by atoms with Gasteiger partial charge in [-0.05, 0) is 43.2 Å². The van der Waals surface area contributed by atoms with E-state index in [-0.39, 0.29) is 42.5 Å². The summed E-state index contributed by atoms with van der Waals surface area (Å²) in [6, 6.07) is 10.6. The van der Waals surface area contributed by atoms with Gasteiger partial charge < -0.3 is 29.1 Å². The third kappa shape index (κ3) is 5.37. The van der Waals surface area contributed by atoms with E-state index in [9.17, 15) is 14.4 Å². The number of aryl methyl sites for hydroxylation is 1. The van der Waals surface area contributed by atoms with Gasteiger partial charge >= 0.3 is 0 Å². The summed E-state index contributed by atoms with van der Waals surface area (Å²) in [4.78, 5) is 47.7. The first-order valence-electron chi connectivity index (χ1n) is 13.8. The van der Waals surface area contributed by atoms with E-state index in [1.165, 1.54) is 6.33 Å². The molecule has 1 fully saturated rings. The van der Waals surface area contributed by atoms with E-state index in [1.54, 1.807) is 58.8 Å². The summed E-state index contributed by atoms with van der Waals surface area (Å²) in [5.74, 6) is 0.223. The molecule has 13 nitrogen and oxygen atoms in total. The van der Waals surface area contributed by atoms with Gasteiger partial charge in [0.2, 0.25) is 5.91 Å². The number of methoxy groups -OCH3 is 1. The predicted octanol–water partition coefficient (Wildman–Crippen LogP) is 1.93. The third-order valence-corrected chi connectivity index (χ3v) is 7.74. The molecule has 3 aromatic heterocycles. The summed E-state index contributed by atoms with van der Waals surface area (Å²) < 4.78 is 18.3. The van der Waals surface area contributed by atoms with Gasteiger partial charge in [0.1, 0.15) is 18.7 Å². The Bertz CT molecular complexity index is 1630. The average molecular weight is 574 g/mol. The van der Waals surface area contributed by atoms with Crippen molar-refractivity contribution in [3.63, 3.8) is 0 Å². The van der Waals surface area contributed by atoms with Crippen molar-refractivity contribution in [1.29, 1.82) is 0 Å². The van der Waals surface area contributed by atoms with E-state index in [2.05, 4.69) is 20.6 Å². The monoisotopic (exact) mass is 573 g/mol. The average Bonchev–Trinajstić information content (AvgIpc) is 3.76. The van der Waals surface area contributed by atoms with Crippen LogP contribution in [0.2, 0.25) is 0 Å². The number of hydrogen-bond acceptors (Lipinski definition) is 9. The second-order valence-electron chi connectivity index (χ2n) is 10.4. The summed E-state index contributed by atoms with van der Waals surface area (Å²) in [7, 11) is 1.56. The maximum absolute atomic E-state index is 13.6. The lowest BCUT2D eigenvalue weighted by Gasteiger charge is -2.24. The van der Waals surface area contributed by atoms with Crippen LogP contribution in [0.1, 0.15) is 44.5 Å². The molecule has 1 saturated heterocycles. The van der Waals surface area contributed by atoms with Crippen molar-refractivity contribution in [1.82, 2.24) is 34.9 Å². The van der Waals surface area contributed by atoms with Gasteiger partial charge in [0.05, 0.1) is 25.1 Å². The lowest BCUT2D eigenvalue weighted by molar-refractivity contribution is -0.124. The van der Waals surface area contributed by atoms with Crippen molar-refractivity contribution in [2.24, 2.45) is 5.92 Å². The van der Waals surface area contributed by atoms with Crippen LogP contribution in [-0.4, -0.2) is 93.7 Å². The Kier molecular flexibility index (Phi) is 7.46. The molecule has 0 unspecified atom stereocenters. The molecular formula is C29H31N7O6. The molecular weight excluding hydrogens is 542 g/mol. The minimum atomic E-state index is -0.482. The molecule has 4 aromatic rings. The van der Waals surface area contributed by atoms with Gasteiger partial charge in [0, 0.05) is 44.4 Å². The summed E-state index contributed by atoms with van der Waals surface area (Å²) >= 11 is 0. The molecule has 0 radical (unpaired) electrons. The van der Waals surface area contributed by atoms with E-state index in [0.29, 0.717) is 61.1 Å². The number of likely N-dealkylation sites (tertiary alicyclic amines) is 1. The first-order chi connectivity index (χ1) is 20.4. The quantitative estimate of drug-likeness (QED) is 0.389. The molecule has 2 aliphatic heterocycles. The van der Waals surface area contributed by atoms with Crippen molar-refractivity contribution in [2.45, 2.75) is 19.3 Å². The minimum Gasteiger partial charge on any atom is -0.493 e. The number of nitrogens with one attached hydrogen (secondary N) is 1. The highest BCUT2D eigenvalue weighted by molar-refractivity contribution is 5.95. The van der Waals surface area contributed by atoms with Crippen LogP contribution in [0.15, 0.2) is 53.4 Å². The van der Waals surface area contributed by atoms with Crippen molar-refractivity contribution in [2.75, 3.05) is 46.4 Å². The number of rotatable bonds is 3. The van der Waals surface area contributed by atoms with E-state index >= 15 is 0 Å². The van der Waals surface area contributed by atoms with Crippen LogP contribution in [-0.2, 0) is 4.79 Å². The molecule has 6 rings (SSSR count). The number of pyridine rings is 1. The fourth-order valence-electron chi connectivity index (χ4n) is 5.56. The highest BCUT2D eigenvalue weighted by Crippen LogP contribution is 2.38. The topological polar surface area (TPSA) is 144 Å². The number of fused-ring (bicyclic) bond motifs is 5. The molecule has 218 valence electrons. The van der Waals surface area contributed by atoms with Crippen LogP contribution in [0.4, 0.5) is 0 Å². The van der Waals surface area contributed by atoms with Gasteiger partial charge in [-0.2, -0.15) is 5.10 Å². The molecule has 2 atom stereocenters. The fraction of sp³-hybridized carbons (Fsp3) is 0.379. The molecule has 3 amide bonds. The van der Waals surface area contributed by atoms with Gasteiger partial charge in [-0.25, -0.2) is 9.50 Å². The van der Waals surface area contributed by atoms with Gasteiger partial charge in [-0.3, -0.25) is 14.4 Å². The van der Waals surface area contributed by atoms with Crippen LogP contribution < -0.4 is 14.8 Å². The highest BCUT2D eigenvalue weighted by atomic mass is 16.5. The molecule has 1 aromatic carbocycles.